The van der Waals surface area contributed by atoms with Crippen LogP contribution in [0.15, 0.2) is 84.1 Å². The lowest BCUT2D eigenvalue weighted by Gasteiger charge is -2.30. The van der Waals surface area contributed by atoms with Crippen LogP contribution in [0.5, 0.6) is 5.75 Å². The topological polar surface area (TPSA) is 50.4 Å². The van der Waals surface area contributed by atoms with E-state index in [9.17, 15) is 4.79 Å². The van der Waals surface area contributed by atoms with Crippen LogP contribution in [0.1, 0.15) is 42.9 Å². The van der Waals surface area contributed by atoms with E-state index in [1.54, 1.807) is 0 Å². The van der Waals surface area contributed by atoms with Crippen molar-refractivity contribution in [2.75, 3.05) is 17.2 Å². The number of anilines is 2. The number of benzene rings is 3. The fraction of sp³-hybridized carbons (Fsp3) is 0.222. The largest absolute Gasteiger partial charge is 0.494 e. The van der Waals surface area contributed by atoms with Crippen LogP contribution in [0.4, 0.5) is 11.4 Å². The number of carbonyl (C=O) groups is 1. The maximum absolute atomic E-state index is 13.6. The quantitative estimate of drug-likeness (QED) is 0.469. The van der Waals surface area contributed by atoms with Crippen LogP contribution in [0.3, 0.4) is 0 Å². The van der Waals surface area contributed by atoms with Gasteiger partial charge in [0.15, 0.2) is 5.78 Å². The van der Waals surface area contributed by atoms with E-state index in [1.165, 1.54) is 0 Å². The van der Waals surface area contributed by atoms with E-state index in [2.05, 4.69) is 22.8 Å². The Hall–Kier alpha value is -3.24. The lowest BCUT2D eigenvalue weighted by Crippen LogP contribution is -2.27. The van der Waals surface area contributed by atoms with E-state index in [0.717, 1.165) is 45.9 Å². The Morgan fingerprint density at radius 3 is 2.41 bits per heavy atom. The Kier molecular flexibility index (Phi) is 5.62. The Morgan fingerprint density at radius 1 is 0.938 bits per heavy atom. The molecule has 0 aromatic heterocycles. The first kappa shape index (κ1) is 20.7. The van der Waals surface area contributed by atoms with Crippen LogP contribution in [0.2, 0.25) is 5.02 Å². The molecule has 3 aromatic carbocycles. The van der Waals surface area contributed by atoms with Crippen LogP contribution < -0.4 is 15.4 Å². The summed E-state index contributed by atoms with van der Waals surface area (Å²) in [5.41, 5.74) is 5.72. The number of Topliss-reactive ketones (excluding diaryl/α,β-unsaturated/α-hetero) is 1. The summed E-state index contributed by atoms with van der Waals surface area (Å²) < 4.78 is 5.58. The number of carbonyl (C=O) groups excluding carboxylic acids is 1. The van der Waals surface area contributed by atoms with E-state index in [4.69, 9.17) is 16.3 Å². The highest BCUT2D eigenvalue weighted by Gasteiger charge is 2.36. The Bertz CT molecular complexity index is 1190. The molecule has 0 saturated heterocycles. The second kappa shape index (κ2) is 8.71. The first-order valence-corrected chi connectivity index (χ1v) is 11.4. The number of fused-ring (bicyclic) bond motifs is 1. The van der Waals surface area contributed by atoms with Crippen molar-refractivity contribution in [1.29, 1.82) is 0 Å². The van der Waals surface area contributed by atoms with Gasteiger partial charge < -0.3 is 15.4 Å². The van der Waals surface area contributed by atoms with Gasteiger partial charge in [0, 0.05) is 22.7 Å². The molecule has 4 nitrogen and oxygen atoms in total. The van der Waals surface area contributed by atoms with E-state index in [-0.39, 0.29) is 17.7 Å². The van der Waals surface area contributed by atoms with Gasteiger partial charge in [-0.25, -0.2) is 0 Å². The first-order chi connectivity index (χ1) is 15.6. The van der Waals surface area contributed by atoms with Crippen molar-refractivity contribution in [3.63, 3.8) is 0 Å². The molecular formula is C27H25ClN2O2. The van der Waals surface area contributed by atoms with Crippen LogP contribution in [-0.2, 0) is 4.79 Å². The minimum absolute atomic E-state index is 0.113. The van der Waals surface area contributed by atoms with E-state index in [0.29, 0.717) is 18.1 Å². The molecule has 0 saturated carbocycles. The predicted molar refractivity (Wildman–Crippen MR) is 129 cm³/mol. The molecule has 1 aliphatic heterocycles. The Labute approximate surface area is 193 Å². The van der Waals surface area contributed by atoms with Gasteiger partial charge in [-0.15, -0.1) is 0 Å². The number of halogens is 1. The van der Waals surface area contributed by atoms with E-state index < -0.39 is 0 Å². The van der Waals surface area contributed by atoms with Crippen molar-refractivity contribution in [1.82, 2.24) is 0 Å². The van der Waals surface area contributed by atoms with Crippen LogP contribution in [0, 0.1) is 0 Å². The predicted octanol–water partition coefficient (Wildman–Crippen LogP) is 6.72. The number of rotatable bonds is 4. The summed E-state index contributed by atoms with van der Waals surface area (Å²) in [6.45, 7) is 2.61. The normalized spacial score (nSPS) is 19.9. The molecule has 2 atom stereocenters. The molecule has 3 aromatic rings. The molecule has 162 valence electrons. The van der Waals surface area contributed by atoms with Crippen LogP contribution >= 0.6 is 11.6 Å². The van der Waals surface area contributed by atoms with Crippen molar-refractivity contribution in [2.45, 2.75) is 31.7 Å². The number of ether oxygens (including phenoxy) is 1. The van der Waals surface area contributed by atoms with Crippen molar-refractivity contribution >= 4 is 28.8 Å². The third-order valence-electron chi connectivity index (χ3n) is 6.19. The van der Waals surface area contributed by atoms with Gasteiger partial charge in [0.1, 0.15) is 5.75 Å². The van der Waals surface area contributed by atoms with Gasteiger partial charge in [0.05, 0.1) is 24.0 Å². The fourth-order valence-electron chi connectivity index (χ4n) is 4.67. The maximum Gasteiger partial charge on any atom is 0.163 e. The van der Waals surface area contributed by atoms with Crippen molar-refractivity contribution in [3.8, 4) is 5.75 Å². The molecule has 2 N–H and O–H groups in total. The average molecular weight is 445 g/mol. The van der Waals surface area contributed by atoms with Crippen LogP contribution in [-0.4, -0.2) is 12.4 Å². The summed E-state index contributed by atoms with van der Waals surface area (Å²) in [5, 5.41) is 7.80. The third kappa shape index (κ3) is 3.87. The maximum atomic E-state index is 13.6. The van der Waals surface area contributed by atoms with Crippen molar-refractivity contribution in [2.24, 2.45) is 0 Å². The van der Waals surface area contributed by atoms with Crippen LogP contribution in [0.25, 0.3) is 0 Å². The van der Waals surface area contributed by atoms with Gasteiger partial charge in [-0.1, -0.05) is 54.1 Å². The molecule has 0 fully saturated rings. The molecular weight excluding hydrogens is 420 g/mol. The highest BCUT2D eigenvalue weighted by molar-refractivity contribution is 6.31. The molecule has 0 spiro atoms. The fourth-order valence-corrected chi connectivity index (χ4v) is 4.92. The number of hydrogen-bond acceptors (Lipinski definition) is 4. The monoisotopic (exact) mass is 444 g/mol. The van der Waals surface area contributed by atoms with Gasteiger partial charge in [0.25, 0.3) is 0 Å². The summed E-state index contributed by atoms with van der Waals surface area (Å²) in [5.74, 6) is 1.10. The summed E-state index contributed by atoms with van der Waals surface area (Å²) in [6.07, 6.45) is 1.22. The molecule has 5 heteroatoms. The highest BCUT2D eigenvalue weighted by Crippen LogP contribution is 2.45. The van der Waals surface area contributed by atoms with Gasteiger partial charge in [-0.2, -0.15) is 0 Å². The lowest BCUT2D eigenvalue weighted by molar-refractivity contribution is -0.116. The summed E-state index contributed by atoms with van der Waals surface area (Å²) in [6, 6.07) is 23.6. The minimum atomic E-state index is -0.302. The first-order valence-electron chi connectivity index (χ1n) is 11.0. The molecule has 0 unspecified atom stereocenters. The summed E-state index contributed by atoms with van der Waals surface area (Å²) >= 11 is 6.58. The number of hydrogen-bond donors (Lipinski definition) is 2. The molecule has 1 heterocycles. The molecule has 0 bridgehead atoms. The zero-order chi connectivity index (χ0) is 22.1. The summed E-state index contributed by atoms with van der Waals surface area (Å²) in [4.78, 5) is 13.6. The van der Waals surface area contributed by atoms with Gasteiger partial charge in [-0.3, -0.25) is 4.79 Å². The Morgan fingerprint density at radius 2 is 1.66 bits per heavy atom. The van der Waals surface area contributed by atoms with Crippen molar-refractivity contribution in [3.05, 3.63) is 100 Å². The standard InChI is InChI=1S/C27H25ClN2O2/c1-2-32-19-13-11-17(12-14-19)18-15-24-26(25(31)16-18)27(20-7-3-4-8-21(20)28)30-23-10-6-5-9-22(23)29-24/h3-14,18,27,29-30H,2,15-16H2,1H3/t18-,27+/m0/s1. The average Bonchev–Trinajstić information content (AvgIpc) is 2.97. The van der Waals surface area contributed by atoms with Crippen molar-refractivity contribution < 1.29 is 9.53 Å². The van der Waals surface area contributed by atoms with E-state index in [1.807, 2.05) is 67.6 Å². The second-order valence-corrected chi connectivity index (χ2v) is 8.60. The molecule has 32 heavy (non-hydrogen) atoms. The Balaban J connectivity index is 1.56. The molecule has 2 aliphatic rings. The SMILES string of the molecule is CCOc1ccc([C@@H]2CC(=O)C3=C(C2)Nc2ccccc2N[C@@H]3c2ccccc2Cl)cc1. The minimum Gasteiger partial charge on any atom is -0.494 e. The zero-order valence-electron chi connectivity index (χ0n) is 17.9. The molecule has 5 rings (SSSR count). The van der Waals surface area contributed by atoms with Gasteiger partial charge >= 0.3 is 0 Å². The highest BCUT2D eigenvalue weighted by atomic mass is 35.5. The third-order valence-corrected chi connectivity index (χ3v) is 6.53. The number of para-hydroxylation sites is 2. The van der Waals surface area contributed by atoms with Gasteiger partial charge in [-0.05, 0) is 60.7 Å². The summed E-state index contributed by atoms with van der Waals surface area (Å²) in [7, 11) is 0. The number of allylic oxidation sites excluding steroid dienone is 1. The zero-order valence-corrected chi connectivity index (χ0v) is 18.7. The molecule has 1 aliphatic carbocycles. The number of nitrogens with one attached hydrogen (secondary N) is 2. The molecule has 0 radical (unpaired) electrons. The van der Waals surface area contributed by atoms with E-state index >= 15 is 0 Å². The smallest absolute Gasteiger partial charge is 0.163 e. The molecule has 0 amide bonds. The van der Waals surface area contributed by atoms with Gasteiger partial charge in [0.2, 0.25) is 0 Å². The number of ketones is 1. The lowest BCUT2D eigenvalue weighted by atomic mass is 9.78. The second-order valence-electron chi connectivity index (χ2n) is 8.19.